The molecule has 6 heteroatoms. The Morgan fingerprint density at radius 2 is 2.00 bits per heavy atom. The Labute approximate surface area is 99.6 Å². The van der Waals surface area contributed by atoms with Crippen molar-refractivity contribution in [1.29, 1.82) is 0 Å². The van der Waals surface area contributed by atoms with E-state index < -0.39 is 15.8 Å². The van der Waals surface area contributed by atoms with E-state index in [2.05, 4.69) is 0 Å². The minimum Gasteiger partial charge on any atom is -0.399 e. The van der Waals surface area contributed by atoms with E-state index in [1.807, 2.05) is 6.08 Å². The zero-order chi connectivity index (χ0) is 12.5. The van der Waals surface area contributed by atoms with E-state index in [0.717, 1.165) is 12.1 Å². The summed E-state index contributed by atoms with van der Waals surface area (Å²) in [6, 6.07) is 3.36. The van der Waals surface area contributed by atoms with Crippen molar-refractivity contribution in [3.05, 3.63) is 36.2 Å². The number of anilines is 1. The molecular formula is C11H13FN2O2S. The fourth-order valence-electron chi connectivity index (χ4n) is 1.72. The predicted octanol–water partition coefficient (Wildman–Crippen LogP) is 1.36. The first-order valence-electron chi connectivity index (χ1n) is 5.21. The smallest absolute Gasteiger partial charge is 0.243 e. The minimum atomic E-state index is -3.64. The van der Waals surface area contributed by atoms with Gasteiger partial charge in [-0.3, -0.25) is 0 Å². The van der Waals surface area contributed by atoms with E-state index in [1.54, 1.807) is 6.08 Å². The normalized spacial score (nSPS) is 17.2. The molecule has 0 spiro atoms. The lowest BCUT2D eigenvalue weighted by atomic mass is 10.3. The summed E-state index contributed by atoms with van der Waals surface area (Å²) in [5, 5.41) is 0. The summed E-state index contributed by atoms with van der Waals surface area (Å²) in [5.74, 6) is -0.642. The molecular weight excluding hydrogens is 243 g/mol. The molecule has 0 saturated carbocycles. The molecule has 0 radical (unpaired) electrons. The zero-order valence-electron chi connectivity index (χ0n) is 9.14. The molecule has 1 aliphatic heterocycles. The summed E-state index contributed by atoms with van der Waals surface area (Å²) >= 11 is 0. The Bertz CT molecular complexity index is 534. The van der Waals surface area contributed by atoms with Crippen LogP contribution < -0.4 is 5.73 Å². The van der Waals surface area contributed by atoms with E-state index in [-0.39, 0.29) is 10.6 Å². The van der Waals surface area contributed by atoms with Gasteiger partial charge < -0.3 is 5.73 Å². The molecule has 2 N–H and O–H groups in total. The summed E-state index contributed by atoms with van der Waals surface area (Å²) < 4.78 is 38.8. The van der Waals surface area contributed by atoms with E-state index in [9.17, 15) is 12.8 Å². The van der Waals surface area contributed by atoms with Gasteiger partial charge in [0.2, 0.25) is 10.0 Å². The fraction of sp³-hybridized carbons (Fsp3) is 0.273. The Morgan fingerprint density at radius 3 is 2.59 bits per heavy atom. The number of hydrogen-bond donors (Lipinski definition) is 1. The van der Waals surface area contributed by atoms with Gasteiger partial charge in [-0.15, -0.1) is 0 Å². The lowest BCUT2D eigenvalue weighted by molar-refractivity contribution is 0.437. The molecule has 17 heavy (non-hydrogen) atoms. The second kappa shape index (κ2) is 4.46. The van der Waals surface area contributed by atoms with Gasteiger partial charge >= 0.3 is 0 Å². The van der Waals surface area contributed by atoms with Gasteiger partial charge in [0.05, 0.1) is 4.90 Å². The molecule has 0 saturated heterocycles. The molecule has 0 atom stereocenters. The van der Waals surface area contributed by atoms with Crippen LogP contribution in [-0.2, 0) is 10.0 Å². The summed E-state index contributed by atoms with van der Waals surface area (Å²) in [5.41, 5.74) is 5.56. The van der Waals surface area contributed by atoms with Crippen molar-refractivity contribution >= 4 is 15.7 Å². The highest BCUT2D eigenvalue weighted by molar-refractivity contribution is 7.89. The third-order valence-electron chi connectivity index (χ3n) is 2.55. The molecule has 0 amide bonds. The Balaban J connectivity index is 2.40. The van der Waals surface area contributed by atoms with Crippen LogP contribution in [0.3, 0.4) is 0 Å². The van der Waals surface area contributed by atoms with Crippen LogP contribution in [-0.4, -0.2) is 25.8 Å². The molecule has 0 fully saturated rings. The van der Waals surface area contributed by atoms with Crippen LogP contribution in [0.25, 0.3) is 0 Å². The third-order valence-corrected chi connectivity index (χ3v) is 4.40. The van der Waals surface area contributed by atoms with Gasteiger partial charge in [0.25, 0.3) is 0 Å². The quantitative estimate of drug-likeness (QED) is 0.642. The number of benzene rings is 1. The molecule has 4 nitrogen and oxygen atoms in total. The van der Waals surface area contributed by atoms with E-state index in [1.165, 1.54) is 10.4 Å². The molecule has 1 heterocycles. The number of rotatable bonds is 2. The summed E-state index contributed by atoms with van der Waals surface area (Å²) in [6.45, 7) is 0.730. The van der Waals surface area contributed by atoms with E-state index in [4.69, 9.17) is 5.73 Å². The highest BCUT2D eigenvalue weighted by atomic mass is 32.2. The monoisotopic (exact) mass is 256 g/mol. The molecule has 0 bridgehead atoms. The predicted molar refractivity (Wildman–Crippen MR) is 63.3 cm³/mol. The molecule has 2 rings (SSSR count). The second-order valence-corrected chi connectivity index (χ2v) is 5.78. The maximum atomic E-state index is 13.1. The van der Waals surface area contributed by atoms with Gasteiger partial charge in [0.1, 0.15) is 5.82 Å². The first-order valence-corrected chi connectivity index (χ1v) is 6.65. The number of hydrogen-bond acceptors (Lipinski definition) is 3. The van der Waals surface area contributed by atoms with Crippen LogP contribution in [0.2, 0.25) is 0 Å². The highest BCUT2D eigenvalue weighted by Gasteiger charge is 2.25. The van der Waals surface area contributed by atoms with Crippen molar-refractivity contribution in [2.75, 3.05) is 18.8 Å². The standard InChI is InChI=1S/C11H13FN2O2S/c12-9-6-10(13)8-11(7-9)17(15,16)14-4-2-1-3-5-14/h1-2,6-8H,3-5,13H2. The van der Waals surface area contributed by atoms with E-state index in [0.29, 0.717) is 19.5 Å². The molecule has 0 aromatic heterocycles. The van der Waals surface area contributed by atoms with Crippen LogP contribution in [0.1, 0.15) is 6.42 Å². The Kier molecular flexibility index (Phi) is 3.17. The van der Waals surface area contributed by atoms with Gasteiger partial charge in [0.15, 0.2) is 0 Å². The van der Waals surface area contributed by atoms with Crippen molar-refractivity contribution < 1.29 is 12.8 Å². The van der Waals surface area contributed by atoms with Crippen LogP contribution in [0.15, 0.2) is 35.2 Å². The second-order valence-electron chi connectivity index (χ2n) is 3.84. The maximum Gasteiger partial charge on any atom is 0.243 e. The SMILES string of the molecule is Nc1cc(F)cc(S(=O)(=O)N2CC=CCC2)c1. The van der Waals surface area contributed by atoms with Crippen molar-refractivity contribution in [3.8, 4) is 0 Å². The van der Waals surface area contributed by atoms with Crippen molar-refractivity contribution in [3.63, 3.8) is 0 Å². The Morgan fingerprint density at radius 1 is 1.24 bits per heavy atom. The fourth-order valence-corrected chi connectivity index (χ4v) is 3.19. The summed E-state index contributed by atoms with van der Waals surface area (Å²) in [7, 11) is -3.64. The average molecular weight is 256 g/mol. The Hall–Kier alpha value is -1.40. The number of nitrogens with zero attached hydrogens (tertiary/aromatic N) is 1. The number of sulfonamides is 1. The molecule has 0 unspecified atom stereocenters. The topological polar surface area (TPSA) is 63.4 Å². The molecule has 1 aliphatic rings. The third kappa shape index (κ3) is 2.48. The average Bonchev–Trinajstić information content (AvgIpc) is 2.29. The summed E-state index contributed by atoms with van der Waals surface area (Å²) in [6.07, 6.45) is 4.37. The van der Waals surface area contributed by atoms with Gasteiger partial charge in [-0.2, -0.15) is 4.31 Å². The van der Waals surface area contributed by atoms with Gasteiger partial charge in [-0.1, -0.05) is 12.2 Å². The first-order chi connectivity index (χ1) is 8.00. The molecule has 92 valence electrons. The van der Waals surface area contributed by atoms with Crippen molar-refractivity contribution in [2.45, 2.75) is 11.3 Å². The zero-order valence-corrected chi connectivity index (χ0v) is 9.95. The lowest BCUT2D eigenvalue weighted by Gasteiger charge is -2.22. The highest BCUT2D eigenvalue weighted by Crippen LogP contribution is 2.21. The van der Waals surface area contributed by atoms with Crippen LogP contribution >= 0.6 is 0 Å². The minimum absolute atomic E-state index is 0.0923. The molecule has 1 aromatic rings. The largest absolute Gasteiger partial charge is 0.399 e. The van der Waals surface area contributed by atoms with Gasteiger partial charge in [0, 0.05) is 18.8 Å². The van der Waals surface area contributed by atoms with Crippen molar-refractivity contribution in [1.82, 2.24) is 4.31 Å². The number of nitrogens with two attached hydrogens (primary N) is 1. The van der Waals surface area contributed by atoms with Gasteiger partial charge in [-0.05, 0) is 24.6 Å². The van der Waals surface area contributed by atoms with Crippen LogP contribution in [0.5, 0.6) is 0 Å². The lowest BCUT2D eigenvalue weighted by Crippen LogP contribution is -2.33. The molecule has 1 aromatic carbocycles. The number of nitrogen functional groups attached to an aromatic ring is 1. The number of halogens is 1. The van der Waals surface area contributed by atoms with Gasteiger partial charge in [-0.25, -0.2) is 12.8 Å². The summed E-state index contributed by atoms with van der Waals surface area (Å²) in [4.78, 5) is -0.0923. The van der Waals surface area contributed by atoms with Crippen molar-refractivity contribution in [2.24, 2.45) is 0 Å². The molecule has 0 aliphatic carbocycles. The first kappa shape index (κ1) is 12.1. The van der Waals surface area contributed by atoms with E-state index >= 15 is 0 Å². The maximum absolute atomic E-state index is 13.1. The van der Waals surface area contributed by atoms with Crippen LogP contribution in [0, 0.1) is 5.82 Å². The van der Waals surface area contributed by atoms with Crippen LogP contribution in [0.4, 0.5) is 10.1 Å².